The van der Waals surface area contributed by atoms with Gasteiger partial charge in [-0.2, -0.15) is 0 Å². The van der Waals surface area contributed by atoms with E-state index in [1.165, 1.54) is 5.56 Å². The topological polar surface area (TPSA) is 32.3 Å². The minimum Gasteiger partial charge on any atom is -0.342 e. The smallest absolute Gasteiger partial charge is 0.222 e. The van der Waals surface area contributed by atoms with E-state index in [0.717, 1.165) is 32.6 Å². The van der Waals surface area contributed by atoms with Gasteiger partial charge in [-0.3, -0.25) is 4.79 Å². The molecule has 1 unspecified atom stereocenters. The van der Waals surface area contributed by atoms with E-state index < -0.39 is 0 Å². The maximum absolute atomic E-state index is 11.7. The van der Waals surface area contributed by atoms with Gasteiger partial charge in [0, 0.05) is 31.9 Å². The lowest BCUT2D eigenvalue weighted by atomic mass is 10.1. The largest absolute Gasteiger partial charge is 0.342 e. The molecule has 0 aliphatic carbocycles. The molecule has 0 spiro atoms. The second-order valence-corrected chi connectivity index (χ2v) is 5.39. The van der Waals surface area contributed by atoms with Gasteiger partial charge in [-0.05, 0) is 24.4 Å². The van der Waals surface area contributed by atoms with Crippen LogP contribution >= 0.6 is 11.6 Å². The second kappa shape index (κ2) is 7.51. The summed E-state index contributed by atoms with van der Waals surface area (Å²) in [4.78, 5) is 13.6. The van der Waals surface area contributed by atoms with Crippen LogP contribution in [-0.4, -0.2) is 36.3 Å². The molecule has 1 aliphatic heterocycles. The summed E-state index contributed by atoms with van der Waals surface area (Å²) in [7, 11) is 0. The Morgan fingerprint density at radius 1 is 1.32 bits per heavy atom. The fourth-order valence-electron chi connectivity index (χ4n) is 2.40. The third-order valence-corrected chi connectivity index (χ3v) is 3.90. The van der Waals surface area contributed by atoms with Crippen molar-refractivity contribution in [2.45, 2.75) is 19.4 Å². The monoisotopic (exact) mass is 280 g/mol. The van der Waals surface area contributed by atoms with Crippen molar-refractivity contribution in [1.82, 2.24) is 10.2 Å². The van der Waals surface area contributed by atoms with Gasteiger partial charge in [0.05, 0.1) is 0 Å². The number of halogens is 1. The highest BCUT2D eigenvalue weighted by molar-refractivity contribution is 6.18. The number of hydrogen-bond donors (Lipinski definition) is 1. The molecule has 19 heavy (non-hydrogen) atoms. The van der Waals surface area contributed by atoms with Crippen LogP contribution in [0, 0.1) is 5.92 Å². The van der Waals surface area contributed by atoms with Crippen molar-refractivity contribution in [1.29, 1.82) is 0 Å². The first-order valence-electron chi connectivity index (χ1n) is 6.88. The molecule has 1 N–H and O–H groups in total. The average Bonchev–Trinajstić information content (AvgIpc) is 2.80. The molecule has 3 nitrogen and oxygen atoms in total. The molecule has 1 saturated heterocycles. The SMILES string of the molecule is O=C1CC(CCl)CN1CCCNCc1ccccc1. The quantitative estimate of drug-likeness (QED) is 0.614. The summed E-state index contributed by atoms with van der Waals surface area (Å²) in [6.07, 6.45) is 1.62. The first-order chi connectivity index (χ1) is 9.29. The van der Waals surface area contributed by atoms with Gasteiger partial charge in [-0.25, -0.2) is 0 Å². The molecular formula is C15H21ClN2O. The Bertz CT molecular complexity index is 396. The van der Waals surface area contributed by atoms with E-state index in [4.69, 9.17) is 11.6 Å². The zero-order valence-corrected chi connectivity index (χ0v) is 11.9. The molecule has 1 aliphatic rings. The van der Waals surface area contributed by atoms with Crippen molar-refractivity contribution in [3.05, 3.63) is 35.9 Å². The number of amides is 1. The molecule has 1 heterocycles. The number of alkyl halides is 1. The molecular weight excluding hydrogens is 260 g/mol. The Morgan fingerprint density at radius 3 is 2.79 bits per heavy atom. The summed E-state index contributed by atoms with van der Waals surface area (Å²) in [5.74, 6) is 1.20. The van der Waals surface area contributed by atoms with Gasteiger partial charge >= 0.3 is 0 Å². The Morgan fingerprint density at radius 2 is 2.11 bits per heavy atom. The summed E-state index contributed by atoms with van der Waals surface area (Å²) in [6, 6.07) is 10.3. The number of carbonyl (C=O) groups is 1. The van der Waals surface area contributed by atoms with Crippen molar-refractivity contribution < 1.29 is 4.79 Å². The lowest BCUT2D eigenvalue weighted by Gasteiger charge is -2.16. The molecule has 0 saturated carbocycles. The van der Waals surface area contributed by atoms with E-state index in [-0.39, 0.29) is 5.91 Å². The molecule has 1 aromatic carbocycles. The maximum atomic E-state index is 11.7. The number of hydrogen-bond acceptors (Lipinski definition) is 2. The predicted molar refractivity (Wildman–Crippen MR) is 78.2 cm³/mol. The van der Waals surface area contributed by atoms with E-state index in [0.29, 0.717) is 18.2 Å². The molecule has 104 valence electrons. The standard InChI is InChI=1S/C15H21ClN2O/c16-10-14-9-15(19)18(12-14)8-4-7-17-11-13-5-2-1-3-6-13/h1-3,5-6,14,17H,4,7-12H2. The highest BCUT2D eigenvalue weighted by Crippen LogP contribution is 2.18. The van der Waals surface area contributed by atoms with Crippen molar-refractivity contribution in [2.75, 3.05) is 25.5 Å². The van der Waals surface area contributed by atoms with Gasteiger partial charge < -0.3 is 10.2 Å². The molecule has 4 heteroatoms. The van der Waals surface area contributed by atoms with Crippen LogP contribution in [-0.2, 0) is 11.3 Å². The minimum atomic E-state index is 0.258. The lowest BCUT2D eigenvalue weighted by molar-refractivity contribution is -0.127. The summed E-state index contributed by atoms with van der Waals surface area (Å²) >= 11 is 5.80. The van der Waals surface area contributed by atoms with Gasteiger partial charge in [-0.15, -0.1) is 11.6 Å². The van der Waals surface area contributed by atoms with Gasteiger partial charge in [0.1, 0.15) is 0 Å². The lowest BCUT2D eigenvalue weighted by Crippen LogP contribution is -2.29. The predicted octanol–water partition coefficient (Wildman–Crippen LogP) is 2.25. The number of nitrogens with one attached hydrogen (secondary N) is 1. The van der Waals surface area contributed by atoms with Crippen molar-refractivity contribution in [3.8, 4) is 0 Å². The molecule has 1 aromatic rings. The summed E-state index contributed by atoms with van der Waals surface area (Å²) in [6.45, 7) is 3.50. The van der Waals surface area contributed by atoms with Gasteiger partial charge in [0.15, 0.2) is 0 Å². The molecule has 0 radical (unpaired) electrons. The third kappa shape index (κ3) is 4.51. The van der Waals surface area contributed by atoms with Crippen LogP contribution in [0.5, 0.6) is 0 Å². The first kappa shape index (κ1) is 14.4. The number of nitrogens with zero attached hydrogens (tertiary/aromatic N) is 1. The normalized spacial score (nSPS) is 19.1. The highest BCUT2D eigenvalue weighted by Gasteiger charge is 2.27. The number of benzene rings is 1. The van der Waals surface area contributed by atoms with Gasteiger partial charge in [0.25, 0.3) is 0 Å². The van der Waals surface area contributed by atoms with Crippen LogP contribution in [0.2, 0.25) is 0 Å². The Labute approximate surface area is 119 Å². The van der Waals surface area contributed by atoms with E-state index in [1.54, 1.807) is 0 Å². The van der Waals surface area contributed by atoms with E-state index in [2.05, 4.69) is 17.4 Å². The van der Waals surface area contributed by atoms with Crippen molar-refractivity contribution in [2.24, 2.45) is 5.92 Å². The number of likely N-dealkylation sites (tertiary alicyclic amines) is 1. The molecule has 0 bridgehead atoms. The average molecular weight is 281 g/mol. The fraction of sp³-hybridized carbons (Fsp3) is 0.533. The van der Waals surface area contributed by atoms with E-state index in [1.807, 2.05) is 23.1 Å². The van der Waals surface area contributed by atoms with Crippen LogP contribution in [0.1, 0.15) is 18.4 Å². The highest BCUT2D eigenvalue weighted by atomic mass is 35.5. The molecule has 1 amide bonds. The number of rotatable bonds is 7. The third-order valence-electron chi connectivity index (χ3n) is 3.47. The van der Waals surface area contributed by atoms with Crippen LogP contribution < -0.4 is 5.32 Å². The molecule has 1 fully saturated rings. The van der Waals surface area contributed by atoms with Crippen LogP contribution in [0.25, 0.3) is 0 Å². The van der Waals surface area contributed by atoms with Crippen LogP contribution in [0.4, 0.5) is 0 Å². The van der Waals surface area contributed by atoms with Crippen LogP contribution in [0.3, 0.4) is 0 Å². The van der Waals surface area contributed by atoms with Crippen molar-refractivity contribution in [3.63, 3.8) is 0 Å². The van der Waals surface area contributed by atoms with Gasteiger partial charge in [0.2, 0.25) is 5.91 Å². The molecule has 0 aromatic heterocycles. The summed E-state index contributed by atoms with van der Waals surface area (Å²) < 4.78 is 0. The maximum Gasteiger partial charge on any atom is 0.222 e. The first-order valence-corrected chi connectivity index (χ1v) is 7.41. The summed E-state index contributed by atoms with van der Waals surface area (Å²) in [5.41, 5.74) is 1.29. The molecule has 1 atom stereocenters. The van der Waals surface area contributed by atoms with Crippen molar-refractivity contribution >= 4 is 17.5 Å². The van der Waals surface area contributed by atoms with Gasteiger partial charge in [-0.1, -0.05) is 30.3 Å². The van der Waals surface area contributed by atoms with E-state index in [9.17, 15) is 4.79 Å². The second-order valence-electron chi connectivity index (χ2n) is 5.08. The van der Waals surface area contributed by atoms with Crippen LogP contribution in [0.15, 0.2) is 30.3 Å². The number of carbonyl (C=O) groups excluding carboxylic acids is 1. The zero-order chi connectivity index (χ0) is 13.5. The molecule has 2 rings (SSSR count). The fourth-order valence-corrected chi connectivity index (χ4v) is 2.60. The Hall–Kier alpha value is -1.06. The minimum absolute atomic E-state index is 0.258. The van der Waals surface area contributed by atoms with E-state index >= 15 is 0 Å². The Balaban J connectivity index is 1.58. The summed E-state index contributed by atoms with van der Waals surface area (Å²) in [5, 5.41) is 3.40. The Kier molecular flexibility index (Phi) is 5.67. The zero-order valence-electron chi connectivity index (χ0n) is 11.1.